The molecule has 0 fully saturated rings. The average molecular weight is 419 g/mol. The maximum Gasteiger partial charge on any atom is 0.264 e. The van der Waals surface area contributed by atoms with E-state index in [0.717, 1.165) is 15.4 Å². The summed E-state index contributed by atoms with van der Waals surface area (Å²) >= 11 is 0. The Morgan fingerprint density at radius 3 is 2.00 bits per heavy atom. The number of carbonyl (C=O) groups is 2. The lowest BCUT2D eigenvalue weighted by Crippen LogP contribution is -2.43. The molecule has 0 aromatic heterocycles. The number of hydrogen-bond acceptors (Lipinski definition) is 5. The molecule has 0 heterocycles. The lowest BCUT2D eigenvalue weighted by molar-refractivity contribution is -0.119. The van der Waals surface area contributed by atoms with Crippen molar-refractivity contribution in [2.24, 2.45) is 5.84 Å². The lowest BCUT2D eigenvalue weighted by atomic mass is 10.0. The first-order valence-electron chi connectivity index (χ1n) is 9.25. The van der Waals surface area contributed by atoms with E-state index in [1.165, 1.54) is 31.2 Å². The van der Waals surface area contributed by atoms with Crippen LogP contribution in [0, 0.1) is 0 Å². The Kier molecular flexibility index (Phi) is 7.35. The molecule has 0 atom stereocenters. The largest absolute Gasteiger partial charge is 0.326 e. The normalized spacial score (nSPS) is 11.0. The molecule has 2 rings (SSSR count). The van der Waals surface area contributed by atoms with Crippen LogP contribution < -0.4 is 20.9 Å². The maximum atomic E-state index is 13.5. The minimum atomic E-state index is -4.07. The van der Waals surface area contributed by atoms with Crippen LogP contribution in [0.1, 0.15) is 31.9 Å². The summed E-state index contributed by atoms with van der Waals surface area (Å²) in [6.07, 6.45) is 1.20. The Morgan fingerprint density at radius 1 is 1.00 bits per heavy atom. The van der Waals surface area contributed by atoms with Crippen molar-refractivity contribution in [1.29, 1.82) is 0 Å². The number of anilines is 2. The van der Waals surface area contributed by atoms with Gasteiger partial charge in [-0.1, -0.05) is 32.0 Å². The molecule has 4 N–H and O–H groups in total. The number of amides is 2. The van der Waals surface area contributed by atoms with Gasteiger partial charge in [-0.25, -0.2) is 14.3 Å². The molecule has 0 aliphatic carbocycles. The number of sulfonamides is 1. The van der Waals surface area contributed by atoms with Gasteiger partial charge in [-0.2, -0.15) is 0 Å². The molecule has 0 spiro atoms. The third-order valence-corrected chi connectivity index (χ3v) is 6.19. The van der Waals surface area contributed by atoms with E-state index in [1.54, 1.807) is 0 Å². The summed E-state index contributed by atoms with van der Waals surface area (Å²) in [5.74, 6) is 4.34. The van der Waals surface area contributed by atoms with Crippen molar-refractivity contribution < 1.29 is 18.0 Å². The summed E-state index contributed by atoms with van der Waals surface area (Å²) in [5.41, 5.74) is 4.60. The summed E-state index contributed by atoms with van der Waals surface area (Å²) in [5, 5.41) is 2.59. The molecule has 29 heavy (non-hydrogen) atoms. The third kappa shape index (κ3) is 5.12. The van der Waals surface area contributed by atoms with Crippen LogP contribution in [0.2, 0.25) is 0 Å². The highest BCUT2D eigenvalue weighted by Crippen LogP contribution is 2.32. The highest BCUT2D eigenvalue weighted by atomic mass is 32.2. The summed E-state index contributed by atoms with van der Waals surface area (Å²) in [7, 11) is -4.07. The fourth-order valence-corrected chi connectivity index (χ4v) is 4.53. The minimum absolute atomic E-state index is 0.00406. The molecule has 0 radical (unpaired) electrons. The van der Waals surface area contributed by atoms with E-state index in [4.69, 9.17) is 5.84 Å². The zero-order chi connectivity index (χ0) is 21.6. The Labute approximate surface area is 171 Å². The van der Waals surface area contributed by atoms with Crippen molar-refractivity contribution >= 4 is 33.2 Å². The Bertz CT molecular complexity index is 966. The van der Waals surface area contributed by atoms with E-state index in [1.807, 2.05) is 37.5 Å². The van der Waals surface area contributed by atoms with Crippen molar-refractivity contribution in [3.05, 3.63) is 53.6 Å². The zero-order valence-electron chi connectivity index (χ0n) is 16.7. The van der Waals surface area contributed by atoms with Crippen molar-refractivity contribution in [3.63, 3.8) is 0 Å². The number of para-hydroxylation sites is 1. The van der Waals surface area contributed by atoms with Gasteiger partial charge in [0.05, 0.1) is 10.6 Å². The van der Waals surface area contributed by atoms with Gasteiger partial charge in [0.2, 0.25) is 5.91 Å². The van der Waals surface area contributed by atoms with Gasteiger partial charge in [0.15, 0.2) is 0 Å². The first-order valence-corrected chi connectivity index (χ1v) is 10.7. The standard InChI is InChI=1S/C20H26N4O4S/c1-4-15-7-6-8-16(5-2)20(15)24(13-19(26)23-21)29(27,28)18-11-9-17(10-12-18)22-14(3)25/h6-12H,4-5,13,21H2,1-3H3,(H,22,25)(H,23,26). The highest BCUT2D eigenvalue weighted by Gasteiger charge is 2.30. The molecule has 0 aliphatic heterocycles. The van der Waals surface area contributed by atoms with Crippen LogP contribution in [-0.4, -0.2) is 26.8 Å². The van der Waals surface area contributed by atoms with E-state index in [2.05, 4.69) is 5.32 Å². The Hall–Kier alpha value is -2.91. The quantitative estimate of drug-likeness (QED) is 0.344. The predicted molar refractivity (Wildman–Crippen MR) is 113 cm³/mol. The molecule has 0 saturated heterocycles. The van der Waals surface area contributed by atoms with Gasteiger partial charge < -0.3 is 5.32 Å². The molecule has 0 aliphatic rings. The molecular weight excluding hydrogens is 392 g/mol. The number of benzene rings is 2. The summed E-state index contributed by atoms with van der Waals surface area (Å²) in [4.78, 5) is 23.3. The smallest absolute Gasteiger partial charge is 0.264 e. The van der Waals surface area contributed by atoms with Gasteiger partial charge in [-0.15, -0.1) is 0 Å². The Morgan fingerprint density at radius 2 is 1.55 bits per heavy atom. The van der Waals surface area contributed by atoms with Crippen LogP contribution in [0.4, 0.5) is 11.4 Å². The average Bonchev–Trinajstić information content (AvgIpc) is 2.71. The molecule has 2 aromatic rings. The minimum Gasteiger partial charge on any atom is -0.326 e. The topological polar surface area (TPSA) is 122 Å². The van der Waals surface area contributed by atoms with Gasteiger partial charge in [0.1, 0.15) is 6.54 Å². The number of rotatable bonds is 8. The Balaban J connectivity index is 2.61. The summed E-state index contributed by atoms with van der Waals surface area (Å²) < 4.78 is 28.0. The molecule has 0 bridgehead atoms. The van der Waals surface area contributed by atoms with Crippen molar-refractivity contribution in [1.82, 2.24) is 5.43 Å². The second kappa shape index (κ2) is 9.53. The summed E-state index contributed by atoms with van der Waals surface area (Å²) in [6.45, 7) is 4.77. The fraction of sp³-hybridized carbons (Fsp3) is 0.300. The molecule has 9 heteroatoms. The van der Waals surface area contributed by atoms with Crippen molar-refractivity contribution in [2.45, 2.75) is 38.5 Å². The van der Waals surface area contributed by atoms with Gasteiger partial charge in [0.25, 0.3) is 15.9 Å². The van der Waals surface area contributed by atoms with Crippen LogP contribution >= 0.6 is 0 Å². The number of hydrogen-bond donors (Lipinski definition) is 3. The van der Waals surface area contributed by atoms with Gasteiger partial charge in [0, 0.05) is 12.6 Å². The number of nitrogens with zero attached hydrogens (tertiary/aromatic N) is 1. The molecule has 2 aromatic carbocycles. The second-order valence-corrected chi connectivity index (χ2v) is 8.28. The predicted octanol–water partition coefficient (Wildman–Crippen LogP) is 1.95. The van der Waals surface area contributed by atoms with Crippen molar-refractivity contribution in [3.8, 4) is 0 Å². The molecular formula is C20H26N4O4S. The van der Waals surface area contributed by atoms with Crippen LogP contribution in [0.3, 0.4) is 0 Å². The molecule has 156 valence electrons. The van der Waals surface area contributed by atoms with E-state index < -0.39 is 22.5 Å². The molecule has 8 nitrogen and oxygen atoms in total. The number of nitrogens with two attached hydrogens (primary N) is 1. The van der Waals surface area contributed by atoms with Crippen LogP contribution in [0.25, 0.3) is 0 Å². The molecule has 0 saturated carbocycles. The van der Waals surface area contributed by atoms with Gasteiger partial charge in [-0.05, 0) is 48.2 Å². The number of nitrogens with one attached hydrogen (secondary N) is 2. The number of aryl methyl sites for hydroxylation is 2. The zero-order valence-corrected chi connectivity index (χ0v) is 17.5. The van der Waals surface area contributed by atoms with Crippen LogP contribution in [0.5, 0.6) is 0 Å². The number of carbonyl (C=O) groups excluding carboxylic acids is 2. The lowest BCUT2D eigenvalue weighted by Gasteiger charge is -2.28. The van der Waals surface area contributed by atoms with Crippen LogP contribution in [0.15, 0.2) is 47.4 Å². The first kappa shape index (κ1) is 22.4. The maximum absolute atomic E-state index is 13.5. The molecule has 0 unspecified atom stereocenters. The summed E-state index contributed by atoms with van der Waals surface area (Å²) in [6, 6.07) is 11.4. The third-order valence-electron chi connectivity index (χ3n) is 4.43. The van der Waals surface area contributed by atoms with Crippen LogP contribution in [-0.2, 0) is 32.5 Å². The van der Waals surface area contributed by atoms with Gasteiger partial charge >= 0.3 is 0 Å². The van der Waals surface area contributed by atoms with Gasteiger partial charge in [-0.3, -0.25) is 19.3 Å². The number of hydrazine groups is 1. The highest BCUT2D eigenvalue weighted by molar-refractivity contribution is 7.92. The fourth-order valence-electron chi connectivity index (χ4n) is 3.04. The van der Waals surface area contributed by atoms with E-state index >= 15 is 0 Å². The monoisotopic (exact) mass is 418 g/mol. The van der Waals surface area contributed by atoms with E-state index in [0.29, 0.717) is 24.2 Å². The SMILES string of the molecule is CCc1cccc(CC)c1N(CC(=O)NN)S(=O)(=O)c1ccc(NC(C)=O)cc1. The van der Waals surface area contributed by atoms with Crippen molar-refractivity contribution in [2.75, 3.05) is 16.2 Å². The first-order chi connectivity index (χ1) is 13.7. The van der Waals surface area contributed by atoms with E-state index in [9.17, 15) is 18.0 Å². The van der Waals surface area contributed by atoms with E-state index in [-0.39, 0.29) is 10.8 Å². The second-order valence-electron chi connectivity index (χ2n) is 6.42. The molecule has 2 amide bonds.